The van der Waals surface area contributed by atoms with E-state index in [-0.39, 0.29) is 71.8 Å². The summed E-state index contributed by atoms with van der Waals surface area (Å²) >= 11 is 0. The molecule has 0 bridgehead atoms. The number of benzene rings is 2. The van der Waals surface area contributed by atoms with Crippen LogP contribution in [0.4, 0.5) is 10.1 Å². The molecular weight excluding hydrogens is 597 g/mol. The third-order valence-corrected chi connectivity index (χ3v) is 6.98. The number of Topliss-reactive ketones (excluding diaryl/α,β-unsaturated/α-hetero) is 1. The van der Waals surface area contributed by atoms with Crippen molar-refractivity contribution in [3.05, 3.63) is 46.3 Å². The molecule has 1 fully saturated rings. The van der Waals surface area contributed by atoms with Crippen LogP contribution >= 0.6 is 17.0 Å². The zero-order valence-corrected chi connectivity index (χ0v) is 26.4. The van der Waals surface area contributed by atoms with E-state index in [1.165, 1.54) is 0 Å². The van der Waals surface area contributed by atoms with E-state index in [1.54, 1.807) is 25.0 Å². The van der Waals surface area contributed by atoms with E-state index < -0.39 is 5.82 Å². The predicted molar refractivity (Wildman–Crippen MR) is 161 cm³/mol. The first-order valence-electron chi connectivity index (χ1n) is 13.7. The van der Waals surface area contributed by atoms with Crippen molar-refractivity contribution in [1.82, 2.24) is 4.90 Å². The number of fused-ring (bicyclic) bond motifs is 1. The Kier molecular flexibility index (Phi) is 11.0. The standard InChI is InChI=1S/C30H40FN3O6.BrH/c1-7-38-24-15-20-16-34(29(32)25(20)26(31)28(24)39-8-2)17-23(35)19-13-21(30(3,4)5)27(40-18-36-6)22(14-19)33-9-11-37-12-10-33;/h13-15,32H,7-12,16-18H2,1-6H3;1H. The average molecular weight is 639 g/mol. The number of morpholine rings is 1. The third-order valence-electron chi connectivity index (χ3n) is 6.98. The Balaban J connectivity index is 0.00000462. The van der Waals surface area contributed by atoms with Crippen LogP contribution in [0.1, 0.15) is 61.7 Å². The van der Waals surface area contributed by atoms with E-state index in [2.05, 4.69) is 25.7 Å². The first-order chi connectivity index (χ1) is 19.1. The van der Waals surface area contributed by atoms with Gasteiger partial charge in [0.1, 0.15) is 11.6 Å². The highest BCUT2D eigenvalue weighted by Crippen LogP contribution is 2.42. The molecule has 0 saturated carbocycles. The molecule has 0 spiro atoms. The Morgan fingerprint density at radius 3 is 2.34 bits per heavy atom. The van der Waals surface area contributed by atoms with Crippen molar-refractivity contribution in [2.75, 3.05) is 64.9 Å². The fourth-order valence-electron chi connectivity index (χ4n) is 5.06. The SMILES string of the molecule is Br.CCOc1cc2c(c(F)c1OCC)C(=N)N(CC(=O)c1cc(N3CCOCC3)c(OCOC)c(C(C)(C)C)c1)C2. The highest BCUT2D eigenvalue weighted by molar-refractivity contribution is 8.93. The maximum absolute atomic E-state index is 15.5. The monoisotopic (exact) mass is 637 g/mol. The van der Waals surface area contributed by atoms with Crippen LogP contribution < -0.4 is 19.1 Å². The van der Waals surface area contributed by atoms with E-state index in [0.717, 1.165) is 11.3 Å². The lowest BCUT2D eigenvalue weighted by molar-refractivity contribution is 0.0498. The molecule has 11 heteroatoms. The van der Waals surface area contributed by atoms with Gasteiger partial charge in [0.15, 0.2) is 29.9 Å². The van der Waals surface area contributed by atoms with Gasteiger partial charge in [0, 0.05) is 37.9 Å². The molecule has 2 heterocycles. The molecule has 0 amide bonds. The smallest absolute Gasteiger partial charge is 0.197 e. The second-order valence-corrected chi connectivity index (χ2v) is 10.8. The second kappa shape index (κ2) is 13.8. The number of hydrogen-bond acceptors (Lipinski definition) is 8. The van der Waals surface area contributed by atoms with Crippen molar-refractivity contribution in [3.8, 4) is 17.2 Å². The number of hydrogen-bond donors (Lipinski definition) is 1. The summed E-state index contributed by atoms with van der Waals surface area (Å²) in [6, 6.07) is 5.43. The summed E-state index contributed by atoms with van der Waals surface area (Å²) in [6.07, 6.45) is 0. The zero-order valence-electron chi connectivity index (χ0n) is 24.7. The molecular formula is C30H41BrFN3O6. The van der Waals surface area contributed by atoms with Gasteiger partial charge in [-0.3, -0.25) is 10.2 Å². The number of nitrogens with zero attached hydrogens (tertiary/aromatic N) is 2. The molecule has 0 aliphatic carbocycles. The van der Waals surface area contributed by atoms with Gasteiger partial charge in [-0.1, -0.05) is 20.8 Å². The summed E-state index contributed by atoms with van der Waals surface area (Å²) in [5.41, 5.74) is 2.61. The molecule has 226 valence electrons. The Hall–Kier alpha value is -2.89. The van der Waals surface area contributed by atoms with Crippen LogP contribution in [0.5, 0.6) is 17.2 Å². The van der Waals surface area contributed by atoms with E-state index in [1.807, 2.05) is 19.1 Å². The Morgan fingerprint density at radius 2 is 1.73 bits per heavy atom. The topological polar surface area (TPSA) is 93.6 Å². The number of amidine groups is 1. The molecule has 0 radical (unpaired) electrons. The van der Waals surface area contributed by atoms with Crippen LogP contribution in [-0.4, -0.2) is 76.5 Å². The van der Waals surface area contributed by atoms with Crippen molar-refractivity contribution < 1.29 is 32.9 Å². The number of carbonyl (C=O) groups excluding carboxylic acids is 1. The molecule has 0 unspecified atom stereocenters. The van der Waals surface area contributed by atoms with Crippen molar-refractivity contribution in [2.45, 2.75) is 46.6 Å². The van der Waals surface area contributed by atoms with Gasteiger partial charge in [-0.2, -0.15) is 0 Å². The van der Waals surface area contributed by atoms with Gasteiger partial charge in [-0.25, -0.2) is 4.39 Å². The number of carbonyl (C=O) groups is 1. The molecule has 1 saturated heterocycles. The number of nitrogens with one attached hydrogen (secondary N) is 1. The molecule has 2 aromatic carbocycles. The summed E-state index contributed by atoms with van der Waals surface area (Å²) in [7, 11) is 1.57. The molecule has 9 nitrogen and oxygen atoms in total. The predicted octanol–water partition coefficient (Wildman–Crippen LogP) is 5.34. The molecule has 2 aliphatic heterocycles. The van der Waals surface area contributed by atoms with E-state index in [0.29, 0.717) is 55.5 Å². The minimum Gasteiger partial charge on any atom is -0.490 e. The Bertz CT molecular complexity index is 1260. The van der Waals surface area contributed by atoms with Crippen molar-refractivity contribution >= 4 is 34.3 Å². The van der Waals surface area contributed by atoms with E-state index in [4.69, 9.17) is 29.1 Å². The molecule has 2 aliphatic rings. The van der Waals surface area contributed by atoms with Crippen LogP contribution in [0.25, 0.3) is 0 Å². The largest absolute Gasteiger partial charge is 0.490 e. The lowest BCUT2D eigenvalue weighted by atomic mass is 9.84. The molecule has 0 atom stereocenters. The molecule has 2 aromatic rings. The minimum atomic E-state index is -0.632. The Labute approximate surface area is 252 Å². The maximum atomic E-state index is 15.5. The summed E-state index contributed by atoms with van der Waals surface area (Å²) in [4.78, 5) is 17.5. The van der Waals surface area contributed by atoms with Crippen LogP contribution in [0.2, 0.25) is 0 Å². The minimum absolute atomic E-state index is 0. The quantitative estimate of drug-likeness (QED) is 0.261. The number of rotatable bonds is 11. The molecule has 0 aromatic heterocycles. The maximum Gasteiger partial charge on any atom is 0.197 e. The zero-order chi connectivity index (χ0) is 29.0. The Morgan fingerprint density at radius 1 is 1.05 bits per heavy atom. The van der Waals surface area contributed by atoms with Crippen LogP contribution in [0, 0.1) is 11.2 Å². The lowest BCUT2D eigenvalue weighted by Crippen LogP contribution is -2.37. The first-order valence-corrected chi connectivity index (χ1v) is 13.7. The third kappa shape index (κ3) is 6.95. The lowest BCUT2D eigenvalue weighted by Gasteiger charge is -2.33. The number of anilines is 1. The molecule has 4 rings (SSSR count). The highest BCUT2D eigenvalue weighted by atomic mass is 79.9. The van der Waals surface area contributed by atoms with Gasteiger partial charge >= 0.3 is 0 Å². The van der Waals surface area contributed by atoms with Gasteiger partial charge in [-0.15, -0.1) is 17.0 Å². The summed E-state index contributed by atoms with van der Waals surface area (Å²) in [5, 5.41) is 8.72. The van der Waals surface area contributed by atoms with Gasteiger partial charge in [-0.05, 0) is 43.0 Å². The fraction of sp³-hybridized carbons (Fsp3) is 0.533. The summed E-state index contributed by atoms with van der Waals surface area (Å²) in [6.45, 7) is 13.1. The van der Waals surface area contributed by atoms with Crippen LogP contribution in [-0.2, 0) is 21.4 Å². The number of halogens is 2. The van der Waals surface area contributed by atoms with Gasteiger partial charge in [0.2, 0.25) is 0 Å². The second-order valence-electron chi connectivity index (χ2n) is 10.8. The van der Waals surface area contributed by atoms with Crippen LogP contribution in [0.3, 0.4) is 0 Å². The fourth-order valence-corrected chi connectivity index (χ4v) is 5.06. The molecule has 1 N–H and O–H groups in total. The first kappa shape index (κ1) is 32.6. The summed E-state index contributed by atoms with van der Waals surface area (Å²) < 4.78 is 43.5. The number of methoxy groups -OCH3 is 1. The van der Waals surface area contributed by atoms with Crippen molar-refractivity contribution in [2.24, 2.45) is 0 Å². The normalized spacial score (nSPS) is 15.0. The summed E-state index contributed by atoms with van der Waals surface area (Å²) in [5.74, 6) is 0.131. The van der Waals surface area contributed by atoms with Crippen molar-refractivity contribution in [3.63, 3.8) is 0 Å². The van der Waals surface area contributed by atoms with Gasteiger partial charge in [0.25, 0.3) is 0 Å². The highest BCUT2D eigenvalue weighted by Gasteiger charge is 2.34. The van der Waals surface area contributed by atoms with Crippen molar-refractivity contribution in [1.29, 1.82) is 5.41 Å². The van der Waals surface area contributed by atoms with E-state index in [9.17, 15) is 4.79 Å². The van der Waals surface area contributed by atoms with Gasteiger partial charge in [0.05, 0.1) is 44.2 Å². The molecule has 41 heavy (non-hydrogen) atoms. The van der Waals surface area contributed by atoms with E-state index >= 15 is 4.39 Å². The van der Waals surface area contributed by atoms with Crippen LogP contribution in [0.15, 0.2) is 18.2 Å². The number of ketones is 1. The van der Waals surface area contributed by atoms with Gasteiger partial charge < -0.3 is 33.5 Å². The average Bonchev–Trinajstić information content (AvgIpc) is 3.23. The number of ether oxygens (including phenoxy) is 5.